The molecular weight excluding hydrogens is 550 g/mol. The predicted octanol–water partition coefficient (Wildman–Crippen LogP) is 3.92. The number of aryl methyl sites for hydroxylation is 1. The molecule has 4 heterocycles. The van der Waals surface area contributed by atoms with E-state index in [0.717, 1.165) is 88.8 Å². The Morgan fingerprint density at radius 2 is 1.86 bits per heavy atom. The molecule has 3 saturated heterocycles. The molecule has 2 aromatic rings. The van der Waals surface area contributed by atoms with E-state index < -0.39 is 0 Å². The maximum absolute atomic E-state index is 13.0. The van der Waals surface area contributed by atoms with Crippen LogP contribution in [0, 0.1) is 12.8 Å². The molecule has 3 aliphatic rings. The topological polar surface area (TPSA) is 78.5 Å². The minimum atomic E-state index is -0.251. The molecule has 0 bridgehead atoms. The molecule has 1 atom stereocenters. The molecule has 5 rings (SSSR count). The molecule has 0 N–H and O–H groups in total. The zero-order chi connectivity index (χ0) is 29.5. The minimum Gasteiger partial charge on any atom is -0.492 e. The van der Waals surface area contributed by atoms with Gasteiger partial charge in [-0.2, -0.15) is 0 Å². The third kappa shape index (κ3) is 7.70. The Labute approximate surface area is 254 Å². The van der Waals surface area contributed by atoms with Gasteiger partial charge in [-0.1, -0.05) is 12.1 Å². The van der Waals surface area contributed by atoms with Crippen LogP contribution in [0.25, 0.3) is 0 Å². The summed E-state index contributed by atoms with van der Waals surface area (Å²) >= 11 is 1.52. The maximum Gasteiger partial charge on any atom is 0.273 e. The first-order valence-corrected chi connectivity index (χ1v) is 16.6. The first-order valence-electron chi connectivity index (χ1n) is 15.7. The molecule has 1 unspecified atom stereocenters. The first-order chi connectivity index (χ1) is 20.4. The lowest BCUT2D eigenvalue weighted by atomic mass is 9.89. The summed E-state index contributed by atoms with van der Waals surface area (Å²) in [4.78, 5) is 38.9. The first kappa shape index (κ1) is 30.9. The Bertz CT molecular complexity index is 1180. The van der Waals surface area contributed by atoms with Gasteiger partial charge in [0.1, 0.15) is 18.1 Å². The number of carbonyl (C=O) groups excluding carboxylic acids is 2. The van der Waals surface area contributed by atoms with Gasteiger partial charge in [0.25, 0.3) is 5.91 Å². The normalized spacial score (nSPS) is 21.4. The molecule has 0 saturated carbocycles. The van der Waals surface area contributed by atoms with Crippen molar-refractivity contribution in [1.82, 2.24) is 24.6 Å². The van der Waals surface area contributed by atoms with Crippen molar-refractivity contribution < 1.29 is 19.1 Å². The van der Waals surface area contributed by atoms with Crippen LogP contribution in [0.15, 0.2) is 29.6 Å². The van der Waals surface area contributed by atoms with Gasteiger partial charge < -0.3 is 19.3 Å². The summed E-state index contributed by atoms with van der Waals surface area (Å²) in [7, 11) is 0. The Balaban J connectivity index is 1.02. The number of carbonyl (C=O) groups is 2. The van der Waals surface area contributed by atoms with Gasteiger partial charge in [-0.05, 0) is 70.7 Å². The van der Waals surface area contributed by atoms with Gasteiger partial charge in [-0.15, -0.1) is 11.3 Å². The second-order valence-electron chi connectivity index (χ2n) is 11.9. The molecule has 42 heavy (non-hydrogen) atoms. The van der Waals surface area contributed by atoms with Crippen LogP contribution < -0.4 is 4.74 Å². The van der Waals surface area contributed by atoms with Crippen LogP contribution in [0.1, 0.15) is 60.6 Å². The molecule has 1 spiro atoms. The van der Waals surface area contributed by atoms with Crippen molar-refractivity contribution in [3.05, 3.63) is 45.9 Å². The van der Waals surface area contributed by atoms with E-state index >= 15 is 0 Å². The lowest BCUT2D eigenvalue weighted by Crippen LogP contribution is -2.58. The highest BCUT2D eigenvalue weighted by molar-refractivity contribution is 7.09. The fourth-order valence-electron chi connectivity index (χ4n) is 6.56. The van der Waals surface area contributed by atoms with E-state index in [0.29, 0.717) is 37.9 Å². The standard InChI is InChI=1S/C32H47N5O4S/c1-4-36(5-2)30(38)27-7-6-14-35(22-27)21-26-8-10-28(11-9-26)40-19-17-34-15-12-32(13-16-34)24-37(18-20-41-32)31(39)29-23-42-25(3)33-29/h8-11,23,27H,4-7,12-22,24H2,1-3H3. The molecular formula is C32H47N5O4S. The third-order valence-corrected chi connectivity index (χ3v) is 9.85. The Hall–Kier alpha value is -2.53. The highest BCUT2D eigenvalue weighted by Gasteiger charge is 2.41. The van der Waals surface area contributed by atoms with Crippen LogP contribution in [0.2, 0.25) is 0 Å². The minimum absolute atomic E-state index is 0.0226. The number of rotatable bonds is 10. The second kappa shape index (κ2) is 14.3. The molecule has 10 heteroatoms. The van der Waals surface area contributed by atoms with E-state index in [9.17, 15) is 9.59 Å². The molecule has 2 amide bonds. The molecule has 1 aromatic carbocycles. The number of nitrogens with zero attached hydrogens (tertiary/aromatic N) is 5. The maximum atomic E-state index is 13.0. The van der Waals surface area contributed by atoms with Crippen LogP contribution in [-0.2, 0) is 16.1 Å². The predicted molar refractivity (Wildman–Crippen MR) is 165 cm³/mol. The van der Waals surface area contributed by atoms with Crippen molar-refractivity contribution in [2.45, 2.75) is 58.6 Å². The van der Waals surface area contributed by atoms with Gasteiger partial charge in [0.2, 0.25) is 5.91 Å². The SMILES string of the molecule is CCN(CC)C(=O)C1CCCN(Cc2ccc(OCCN3CCC4(CC3)CN(C(=O)c3csc(C)n3)CCO4)cc2)C1. The zero-order valence-corrected chi connectivity index (χ0v) is 26.4. The number of likely N-dealkylation sites (tertiary alicyclic amines) is 2. The summed E-state index contributed by atoms with van der Waals surface area (Å²) in [6.07, 6.45) is 3.90. The Morgan fingerprint density at radius 3 is 2.55 bits per heavy atom. The number of piperidine rings is 2. The van der Waals surface area contributed by atoms with Gasteiger partial charge in [-0.3, -0.25) is 19.4 Å². The zero-order valence-electron chi connectivity index (χ0n) is 25.6. The summed E-state index contributed by atoms with van der Waals surface area (Å²) in [5.41, 5.74) is 1.56. The van der Waals surface area contributed by atoms with Crippen LogP contribution in [0.5, 0.6) is 5.75 Å². The van der Waals surface area contributed by atoms with E-state index in [4.69, 9.17) is 9.47 Å². The fourth-order valence-corrected chi connectivity index (χ4v) is 7.15. The molecule has 0 aliphatic carbocycles. The summed E-state index contributed by atoms with van der Waals surface area (Å²) in [6, 6.07) is 8.43. The van der Waals surface area contributed by atoms with Gasteiger partial charge in [0.15, 0.2) is 0 Å². The average molecular weight is 598 g/mol. The summed E-state index contributed by atoms with van der Waals surface area (Å²) in [5, 5.41) is 2.78. The lowest BCUT2D eigenvalue weighted by Gasteiger charge is -2.47. The number of thiazole rings is 1. The van der Waals surface area contributed by atoms with Crippen LogP contribution in [0.3, 0.4) is 0 Å². The summed E-state index contributed by atoms with van der Waals surface area (Å²) < 4.78 is 12.4. The van der Waals surface area contributed by atoms with E-state index in [2.05, 4.69) is 52.9 Å². The number of hydrogen-bond donors (Lipinski definition) is 0. The van der Waals surface area contributed by atoms with Crippen molar-refractivity contribution >= 4 is 23.2 Å². The van der Waals surface area contributed by atoms with Crippen molar-refractivity contribution in [1.29, 1.82) is 0 Å². The molecule has 1 aromatic heterocycles. The van der Waals surface area contributed by atoms with Crippen molar-refractivity contribution in [3.63, 3.8) is 0 Å². The van der Waals surface area contributed by atoms with Crippen LogP contribution in [-0.4, -0.2) is 114 Å². The number of morpholine rings is 1. The number of ether oxygens (including phenoxy) is 2. The molecule has 230 valence electrons. The van der Waals surface area contributed by atoms with Crippen molar-refractivity contribution in [2.24, 2.45) is 5.92 Å². The Kier molecular flexibility index (Phi) is 10.5. The molecule has 3 fully saturated rings. The van der Waals surface area contributed by atoms with E-state index in [1.807, 2.05) is 22.1 Å². The van der Waals surface area contributed by atoms with Crippen molar-refractivity contribution in [2.75, 3.05) is 72.1 Å². The molecule has 3 aliphatic heterocycles. The van der Waals surface area contributed by atoms with E-state index in [-0.39, 0.29) is 17.4 Å². The van der Waals surface area contributed by atoms with Crippen molar-refractivity contribution in [3.8, 4) is 5.75 Å². The Morgan fingerprint density at radius 1 is 1.10 bits per heavy atom. The quantitative estimate of drug-likeness (QED) is 0.411. The summed E-state index contributed by atoms with van der Waals surface area (Å²) in [5.74, 6) is 1.34. The number of amides is 2. The fraction of sp³-hybridized carbons (Fsp3) is 0.656. The van der Waals surface area contributed by atoms with Gasteiger partial charge >= 0.3 is 0 Å². The van der Waals surface area contributed by atoms with E-state index in [1.165, 1.54) is 16.9 Å². The number of benzene rings is 1. The largest absolute Gasteiger partial charge is 0.492 e. The highest BCUT2D eigenvalue weighted by atomic mass is 32.1. The van der Waals surface area contributed by atoms with Crippen LogP contribution in [0.4, 0.5) is 0 Å². The average Bonchev–Trinajstić information content (AvgIpc) is 3.45. The third-order valence-electron chi connectivity index (χ3n) is 9.08. The molecule has 0 radical (unpaired) electrons. The lowest BCUT2D eigenvalue weighted by molar-refractivity contribution is -0.137. The highest BCUT2D eigenvalue weighted by Crippen LogP contribution is 2.31. The number of aromatic nitrogens is 1. The van der Waals surface area contributed by atoms with Gasteiger partial charge in [0.05, 0.1) is 29.7 Å². The second-order valence-corrected chi connectivity index (χ2v) is 13.0. The van der Waals surface area contributed by atoms with Crippen LogP contribution >= 0.6 is 11.3 Å². The van der Waals surface area contributed by atoms with E-state index in [1.54, 1.807) is 0 Å². The van der Waals surface area contributed by atoms with Gasteiger partial charge in [-0.25, -0.2) is 4.98 Å². The smallest absolute Gasteiger partial charge is 0.273 e. The number of hydrogen-bond acceptors (Lipinski definition) is 8. The monoisotopic (exact) mass is 597 g/mol. The summed E-state index contributed by atoms with van der Waals surface area (Å²) in [6.45, 7) is 15.6. The van der Waals surface area contributed by atoms with Gasteiger partial charge in [0, 0.05) is 57.7 Å². The molecule has 9 nitrogen and oxygen atoms in total.